The van der Waals surface area contributed by atoms with Crippen LogP contribution in [0.15, 0.2) is 48.7 Å². The van der Waals surface area contributed by atoms with Crippen LogP contribution in [0.4, 0.5) is 5.69 Å². The quantitative estimate of drug-likeness (QED) is 0.762. The fraction of sp³-hybridized carbons (Fsp3) is 0.300. The minimum Gasteiger partial charge on any atom is -0.497 e. The van der Waals surface area contributed by atoms with Gasteiger partial charge in [-0.2, -0.15) is 0 Å². The van der Waals surface area contributed by atoms with Crippen molar-refractivity contribution in [1.29, 1.82) is 0 Å². The molecule has 3 aromatic rings. The van der Waals surface area contributed by atoms with Crippen LogP contribution < -0.4 is 9.64 Å². The van der Waals surface area contributed by atoms with Crippen molar-refractivity contribution in [2.45, 2.75) is 6.54 Å². The Hall–Kier alpha value is -2.17. The minimum atomic E-state index is 0.789. The van der Waals surface area contributed by atoms with Crippen LogP contribution in [0.25, 0.3) is 10.9 Å². The van der Waals surface area contributed by atoms with Gasteiger partial charge in [-0.3, -0.25) is 4.90 Å². The lowest BCUT2D eigenvalue weighted by atomic mass is 10.1. The van der Waals surface area contributed by atoms with E-state index < -0.39 is 0 Å². The molecule has 0 saturated carbocycles. The van der Waals surface area contributed by atoms with Crippen molar-refractivity contribution in [3.05, 3.63) is 59.2 Å². The summed E-state index contributed by atoms with van der Waals surface area (Å²) in [7, 11) is 1.71. The maximum absolute atomic E-state index is 5.98. The maximum atomic E-state index is 5.98. The molecule has 2 aromatic carbocycles. The van der Waals surface area contributed by atoms with E-state index in [0.717, 1.165) is 49.0 Å². The van der Waals surface area contributed by atoms with Gasteiger partial charge in [0.2, 0.25) is 0 Å². The molecule has 0 aliphatic carbocycles. The number of benzene rings is 2. The highest BCUT2D eigenvalue weighted by atomic mass is 35.5. The van der Waals surface area contributed by atoms with Crippen molar-refractivity contribution in [2.24, 2.45) is 0 Å². The molecule has 0 spiro atoms. The van der Waals surface area contributed by atoms with Gasteiger partial charge in [-0.1, -0.05) is 11.6 Å². The molecule has 25 heavy (non-hydrogen) atoms. The number of H-pyrrole nitrogens is 1. The molecule has 130 valence electrons. The van der Waals surface area contributed by atoms with E-state index in [2.05, 4.69) is 45.2 Å². The third kappa shape index (κ3) is 3.46. The number of piperazine rings is 1. The molecule has 1 fully saturated rings. The first-order valence-corrected chi connectivity index (χ1v) is 8.97. The van der Waals surface area contributed by atoms with Crippen LogP contribution in [0.5, 0.6) is 5.75 Å². The lowest BCUT2D eigenvalue weighted by Crippen LogP contribution is -2.45. The SMILES string of the molecule is COc1ccc2[nH]cc(CN3CCN(c4ccc(Cl)cc4)CC3)c2c1. The number of hydrogen-bond acceptors (Lipinski definition) is 3. The third-order valence-electron chi connectivity index (χ3n) is 4.93. The van der Waals surface area contributed by atoms with Crippen LogP contribution in [0.3, 0.4) is 0 Å². The lowest BCUT2D eigenvalue weighted by Gasteiger charge is -2.36. The van der Waals surface area contributed by atoms with Gasteiger partial charge in [-0.15, -0.1) is 0 Å². The average Bonchev–Trinajstić information content (AvgIpc) is 3.05. The summed E-state index contributed by atoms with van der Waals surface area (Å²) < 4.78 is 5.36. The van der Waals surface area contributed by atoms with Crippen LogP contribution in [0.1, 0.15) is 5.56 Å². The van der Waals surface area contributed by atoms with Crippen molar-refractivity contribution in [3.8, 4) is 5.75 Å². The molecular formula is C20H22ClN3O. The molecule has 1 N–H and O–H groups in total. The van der Waals surface area contributed by atoms with Crippen molar-refractivity contribution < 1.29 is 4.74 Å². The monoisotopic (exact) mass is 355 g/mol. The average molecular weight is 356 g/mol. The van der Waals surface area contributed by atoms with Gasteiger partial charge in [0, 0.05) is 60.5 Å². The number of anilines is 1. The van der Waals surface area contributed by atoms with E-state index in [1.807, 2.05) is 18.2 Å². The van der Waals surface area contributed by atoms with Gasteiger partial charge in [-0.25, -0.2) is 0 Å². The number of halogens is 1. The predicted molar refractivity (Wildman–Crippen MR) is 104 cm³/mol. The molecule has 5 heteroatoms. The zero-order valence-corrected chi connectivity index (χ0v) is 15.1. The zero-order chi connectivity index (χ0) is 17.2. The highest BCUT2D eigenvalue weighted by Crippen LogP contribution is 2.25. The van der Waals surface area contributed by atoms with Crippen LogP contribution in [-0.4, -0.2) is 43.2 Å². The van der Waals surface area contributed by atoms with Crippen molar-refractivity contribution in [2.75, 3.05) is 38.2 Å². The Morgan fingerprint density at radius 2 is 1.80 bits per heavy atom. The maximum Gasteiger partial charge on any atom is 0.119 e. The Bertz CT molecular complexity index is 851. The number of hydrogen-bond donors (Lipinski definition) is 1. The molecule has 0 bridgehead atoms. The Morgan fingerprint density at radius 1 is 1.04 bits per heavy atom. The number of fused-ring (bicyclic) bond motifs is 1. The molecule has 0 radical (unpaired) electrons. The highest BCUT2D eigenvalue weighted by Gasteiger charge is 2.18. The number of rotatable bonds is 4. The molecular weight excluding hydrogens is 334 g/mol. The molecule has 2 heterocycles. The lowest BCUT2D eigenvalue weighted by molar-refractivity contribution is 0.250. The van der Waals surface area contributed by atoms with Crippen molar-refractivity contribution in [1.82, 2.24) is 9.88 Å². The first kappa shape index (κ1) is 16.3. The van der Waals surface area contributed by atoms with Gasteiger partial charge < -0.3 is 14.6 Å². The van der Waals surface area contributed by atoms with Gasteiger partial charge in [0.15, 0.2) is 0 Å². The fourth-order valence-corrected chi connectivity index (χ4v) is 3.60. The van der Waals surface area contributed by atoms with Crippen LogP contribution in [-0.2, 0) is 6.54 Å². The summed E-state index contributed by atoms with van der Waals surface area (Å²) in [5.41, 5.74) is 3.74. The Labute approximate surface area is 152 Å². The van der Waals surface area contributed by atoms with E-state index in [0.29, 0.717) is 0 Å². The largest absolute Gasteiger partial charge is 0.497 e. The molecule has 1 saturated heterocycles. The Balaban J connectivity index is 1.42. The van der Waals surface area contributed by atoms with Crippen molar-refractivity contribution in [3.63, 3.8) is 0 Å². The summed E-state index contributed by atoms with van der Waals surface area (Å²) in [5, 5.41) is 2.04. The zero-order valence-electron chi connectivity index (χ0n) is 14.3. The molecule has 4 rings (SSSR count). The second-order valence-electron chi connectivity index (χ2n) is 6.47. The summed E-state index contributed by atoms with van der Waals surface area (Å²) in [5.74, 6) is 0.904. The van der Waals surface area contributed by atoms with Gasteiger partial charge in [0.25, 0.3) is 0 Å². The summed E-state index contributed by atoms with van der Waals surface area (Å²) in [6.07, 6.45) is 2.12. The fourth-order valence-electron chi connectivity index (χ4n) is 3.47. The topological polar surface area (TPSA) is 31.5 Å². The van der Waals surface area contributed by atoms with E-state index in [9.17, 15) is 0 Å². The van der Waals surface area contributed by atoms with Gasteiger partial charge in [0.05, 0.1) is 7.11 Å². The number of aromatic nitrogens is 1. The number of nitrogens with one attached hydrogen (secondary N) is 1. The van der Waals surface area contributed by atoms with Crippen LogP contribution >= 0.6 is 11.6 Å². The van der Waals surface area contributed by atoms with E-state index >= 15 is 0 Å². The van der Waals surface area contributed by atoms with E-state index in [1.54, 1.807) is 7.11 Å². The summed E-state index contributed by atoms with van der Waals surface area (Å²) in [6, 6.07) is 14.3. The number of aromatic amines is 1. The minimum absolute atomic E-state index is 0.789. The second-order valence-corrected chi connectivity index (χ2v) is 6.90. The number of ether oxygens (including phenoxy) is 1. The van der Waals surface area contributed by atoms with Crippen LogP contribution in [0.2, 0.25) is 5.02 Å². The number of methoxy groups -OCH3 is 1. The van der Waals surface area contributed by atoms with Crippen LogP contribution in [0, 0.1) is 0 Å². The molecule has 1 aromatic heterocycles. The standard InChI is InChI=1S/C20H22ClN3O/c1-25-18-6-7-20-19(12-18)15(13-22-20)14-23-8-10-24(11-9-23)17-4-2-16(21)3-5-17/h2-7,12-13,22H,8-11,14H2,1H3. The predicted octanol–water partition coefficient (Wildman–Crippen LogP) is 4.15. The molecule has 0 atom stereocenters. The first-order chi connectivity index (χ1) is 12.2. The molecule has 4 nitrogen and oxygen atoms in total. The first-order valence-electron chi connectivity index (χ1n) is 8.60. The van der Waals surface area contributed by atoms with Gasteiger partial charge >= 0.3 is 0 Å². The summed E-state index contributed by atoms with van der Waals surface area (Å²) in [4.78, 5) is 8.29. The second kappa shape index (κ2) is 6.98. The molecule has 0 amide bonds. The summed E-state index contributed by atoms with van der Waals surface area (Å²) in [6.45, 7) is 5.14. The Morgan fingerprint density at radius 3 is 2.52 bits per heavy atom. The van der Waals surface area contributed by atoms with E-state index in [1.165, 1.54) is 16.6 Å². The van der Waals surface area contributed by atoms with E-state index in [4.69, 9.17) is 16.3 Å². The molecule has 1 aliphatic heterocycles. The molecule has 1 aliphatic rings. The summed E-state index contributed by atoms with van der Waals surface area (Å²) >= 11 is 5.98. The smallest absolute Gasteiger partial charge is 0.119 e. The van der Waals surface area contributed by atoms with E-state index in [-0.39, 0.29) is 0 Å². The van der Waals surface area contributed by atoms with Gasteiger partial charge in [0.1, 0.15) is 5.75 Å². The molecule has 0 unspecified atom stereocenters. The highest BCUT2D eigenvalue weighted by molar-refractivity contribution is 6.30. The Kier molecular flexibility index (Phi) is 4.55. The normalized spacial score (nSPS) is 15.7. The van der Waals surface area contributed by atoms with Crippen molar-refractivity contribution >= 4 is 28.2 Å². The third-order valence-corrected chi connectivity index (χ3v) is 5.18. The van der Waals surface area contributed by atoms with Gasteiger partial charge in [-0.05, 0) is 48.0 Å². The number of nitrogens with zero attached hydrogens (tertiary/aromatic N) is 2.